The van der Waals surface area contributed by atoms with Crippen molar-refractivity contribution in [2.24, 2.45) is 0 Å². The van der Waals surface area contributed by atoms with Crippen molar-refractivity contribution in [1.29, 1.82) is 0 Å². The molecule has 0 unspecified atom stereocenters. The van der Waals surface area contributed by atoms with Crippen molar-refractivity contribution in [1.82, 2.24) is 15.0 Å². The summed E-state index contributed by atoms with van der Waals surface area (Å²) in [6, 6.07) is 16.4. The van der Waals surface area contributed by atoms with Crippen LogP contribution in [0.3, 0.4) is 0 Å². The zero-order valence-electron chi connectivity index (χ0n) is 14.8. The summed E-state index contributed by atoms with van der Waals surface area (Å²) in [6.07, 6.45) is 1.72. The number of nitrogens with one attached hydrogen (secondary N) is 3. The van der Waals surface area contributed by atoms with Crippen LogP contribution in [0, 0.1) is 6.07 Å². The van der Waals surface area contributed by atoms with Crippen molar-refractivity contribution in [2.45, 2.75) is 0 Å². The summed E-state index contributed by atoms with van der Waals surface area (Å²) in [5.41, 5.74) is 4.08. The molecule has 3 N–H and O–H groups in total. The minimum Gasteiger partial charge on any atom is -0.495 e. The van der Waals surface area contributed by atoms with Crippen LogP contribution in [-0.2, 0) is 0 Å². The Bertz CT molecular complexity index is 1110. The van der Waals surface area contributed by atoms with E-state index >= 15 is 0 Å². The van der Waals surface area contributed by atoms with Crippen molar-refractivity contribution in [3.05, 3.63) is 59.8 Å². The Morgan fingerprint density at radius 1 is 1.22 bits per heavy atom. The van der Waals surface area contributed by atoms with E-state index in [1.54, 1.807) is 25.4 Å². The van der Waals surface area contributed by atoms with Gasteiger partial charge in [0.15, 0.2) is 0 Å². The van der Waals surface area contributed by atoms with Crippen molar-refractivity contribution in [3.63, 3.8) is 0 Å². The molecule has 0 amide bonds. The van der Waals surface area contributed by atoms with Gasteiger partial charge in [-0.25, -0.2) is 4.98 Å². The maximum Gasteiger partial charge on any atom is 0.229 e. The van der Waals surface area contributed by atoms with Crippen LogP contribution in [0.5, 0.6) is 5.75 Å². The number of hydrogen-bond acceptors (Lipinski definition) is 5. The van der Waals surface area contributed by atoms with Gasteiger partial charge in [0, 0.05) is 24.5 Å². The van der Waals surface area contributed by atoms with Gasteiger partial charge >= 0.3 is 0 Å². The van der Waals surface area contributed by atoms with Crippen LogP contribution in [0.15, 0.2) is 48.7 Å². The molecule has 0 spiro atoms. The molecule has 4 aromatic rings. The first-order valence-corrected chi connectivity index (χ1v) is 8.71. The van der Waals surface area contributed by atoms with Gasteiger partial charge in [0.25, 0.3) is 0 Å². The lowest BCUT2D eigenvalue weighted by molar-refractivity contribution is 0.416. The second-order valence-electron chi connectivity index (χ2n) is 5.84. The fourth-order valence-electron chi connectivity index (χ4n) is 2.89. The van der Waals surface area contributed by atoms with Crippen LogP contribution < -0.4 is 15.4 Å². The zero-order chi connectivity index (χ0) is 18.8. The van der Waals surface area contributed by atoms with Crippen LogP contribution in [-0.4, -0.2) is 29.1 Å². The van der Waals surface area contributed by atoms with Gasteiger partial charge in [0.1, 0.15) is 11.4 Å². The van der Waals surface area contributed by atoms with E-state index in [1.807, 2.05) is 37.4 Å². The molecule has 0 saturated carbocycles. The van der Waals surface area contributed by atoms with Crippen LogP contribution in [0.1, 0.15) is 0 Å². The van der Waals surface area contributed by atoms with Gasteiger partial charge in [-0.3, -0.25) is 0 Å². The molecule has 0 aliphatic rings. The largest absolute Gasteiger partial charge is 0.495 e. The highest BCUT2D eigenvalue weighted by atomic mass is 35.5. The van der Waals surface area contributed by atoms with E-state index in [4.69, 9.17) is 21.3 Å². The summed E-state index contributed by atoms with van der Waals surface area (Å²) in [7, 11) is 3.49. The quantitative estimate of drug-likeness (QED) is 0.462. The summed E-state index contributed by atoms with van der Waals surface area (Å²) < 4.78 is 5.37. The van der Waals surface area contributed by atoms with Crippen LogP contribution >= 0.6 is 11.6 Å². The number of H-pyrrole nitrogens is 1. The van der Waals surface area contributed by atoms with Crippen LogP contribution in [0.25, 0.3) is 22.3 Å². The SMILES string of the molecule is CNc1cccc(-c2nc(Nc3cc[c]cc3OC)nc3[nH]cc(Cl)c23)c1. The fourth-order valence-corrected chi connectivity index (χ4v) is 3.12. The molecule has 135 valence electrons. The van der Waals surface area contributed by atoms with E-state index in [0.29, 0.717) is 22.4 Å². The molecule has 0 bridgehead atoms. The Balaban J connectivity index is 1.86. The molecule has 4 rings (SSSR count). The maximum atomic E-state index is 6.39. The molecule has 0 aliphatic carbocycles. The average molecular weight is 379 g/mol. The molecule has 27 heavy (non-hydrogen) atoms. The highest BCUT2D eigenvalue weighted by molar-refractivity contribution is 6.36. The summed E-state index contributed by atoms with van der Waals surface area (Å²) in [6.45, 7) is 0. The molecule has 7 heteroatoms. The number of hydrogen-bond donors (Lipinski definition) is 3. The number of anilines is 3. The molecule has 2 aromatic heterocycles. The van der Waals surface area contributed by atoms with Gasteiger partial charge in [0.05, 0.1) is 28.9 Å². The molecule has 2 aromatic carbocycles. The smallest absolute Gasteiger partial charge is 0.229 e. The van der Waals surface area contributed by atoms with Gasteiger partial charge in [-0.15, -0.1) is 0 Å². The molecular weight excluding hydrogens is 362 g/mol. The number of halogens is 1. The van der Waals surface area contributed by atoms with Crippen molar-refractivity contribution >= 4 is 40.0 Å². The summed E-state index contributed by atoms with van der Waals surface area (Å²) >= 11 is 6.39. The molecule has 0 atom stereocenters. The van der Waals surface area contributed by atoms with Gasteiger partial charge in [-0.2, -0.15) is 4.98 Å². The first-order valence-electron chi connectivity index (χ1n) is 8.33. The van der Waals surface area contributed by atoms with Gasteiger partial charge < -0.3 is 20.4 Å². The van der Waals surface area contributed by atoms with E-state index in [2.05, 4.69) is 26.7 Å². The van der Waals surface area contributed by atoms with Gasteiger partial charge in [-0.1, -0.05) is 29.8 Å². The van der Waals surface area contributed by atoms with Crippen molar-refractivity contribution < 1.29 is 4.74 Å². The number of benzene rings is 2. The summed E-state index contributed by atoms with van der Waals surface area (Å²) in [5, 5.41) is 7.72. The number of nitrogens with zero attached hydrogens (tertiary/aromatic N) is 2. The number of aromatic amines is 1. The molecule has 0 saturated heterocycles. The molecule has 1 radical (unpaired) electrons. The van der Waals surface area contributed by atoms with E-state index in [9.17, 15) is 0 Å². The molecule has 0 aliphatic heterocycles. The number of ether oxygens (including phenoxy) is 1. The number of methoxy groups -OCH3 is 1. The highest BCUT2D eigenvalue weighted by Crippen LogP contribution is 2.34. The van der Waals surface area contributed by atoms with E-state index in [-0.39, 0.29) is 0 Å². The zero-order valence-corrected chi connectivity index (χ0v) is 15.6. The van der Waals surface area contributed by atoms with Crippen molar-refractivity contribution in [3.8, 4) is 17.0 Å². The van der Waals surface area contributed by atoms with E-state index in [1.165, 1.54) is 0 Å². The second kappa shape index (κ2) is 7.17. The van der Waals surface area contributed by atoms with Crippen LogP contribution in [0.4, 0.5) is 17.3 Å². The minimum absolute atomic E-state index is 0.440. The van der Waals surface area contributed by atoms with Gasteiger partial charge in [-0.05, 0) is 30.3 Å². The summed E-state index contributed by atoms with van der Waals surface area (Å²) in [5.74, 6) is 1.10. The highest BCUT2D eigenvalue weighted by Gasteiger charge is 2.15. The monoisotopic (exact) mass is 378 g/mol. The van der Waals surface area contributed by atoms with E-state index < -0.39 is 0 Å². The summed E-state index contributed by atoms with van der Waals surface area (Å²) in [4.78, 5) is 12.4. The lowest BCUT2D eigenvalue weighted by Gasteiger charge is -2.12. The third-order valence-electron chi connectivity index (χ3n) is 4.20. The van der Waals surface area contributed by atoms with Gasteiger partial charge in [0.2, 0.25) is 5.95 Å². The topological polar surface area (TPSA) is 74.9 Å². The van der Waals surface area contributed by atoms with Crippen molar-refractivity contribution in [2.75, 3.05) is 24.8 Å². The maximum absolute atomic E-state index is 6.39. The minimum atomic E-state index is 0.440. The van der Waals surface area contributed by atoms with E-state index in [0.717, 1.165) is 28.0 Å². The predicted molar refractivity (Wildman–Crippen MR) is 109 cm³/mol. The molecular formula is C20H17ClN5O. The Kier molecular flexibility index (Phi) is 4.56. The first kappa shape index (κ1) is 17.2. The lowest BCUT2D eigenvalue weighted by atomic mass is 10.1. The third kappa shape index (κ3) is 3.27. The Morgan fingerprint density at radius 2 is 2.11 bits per heavy atom. The second-order valence-corrected chi connectivity index (χ2v) is 6.25. The first-order chi connectivity index (χ1) is 13.2. The Hall–Kier alpha value is -3.25. The molecule has 0 fully saturated rings. The third-order valence-corrected chi connectivity index (χ3v) is 4.50. The fraction of sp³-hybridized carbons (Fsp3) is 0.100. The molecule has 2 heterocycles. The van der Waals surface area contributed by atoms with Crippen LogP contribution in [0.2, 0.25) is 5.02 Å². The Labute approximate surface area is 161 Å². The Morgan fingerprint density at radius 3 is 2.93 bits per heavy atom. The average Bonchev–Trinajstić information content (AvgIpc) is 3.08. The predicted octanol–water partition coefficient (Wildman–Crippen LogP) is 4.87. The number of fused-ring (bicyclic) bond motifs is 1. The number of rotatable bonds is 5. The lowest BCUT2D eigenvalue weighted by Crippen LogP contribution is -2.01. The standard InChI is InChI=1S/C20H17ClN5O/c1-22-13-7-5-6-12(10-13)18-17-14(21)11-23-19(17)26-20(25-18)24-15-8-3-4-9-16(15)27-2/h3,5-11,22H,1-2H3,(H2,23,24,25,26). The normalized spacial score (nSPS) is 10.8. The number of aromatic nitrogens is 3. The molecule has 6 nitrogen and oxygen atoms in total.